The van der Waals surface area contributed by atoms with Crippen molar-refractivity contribution in [2.45, 2.75) is 20.0 Å². The van der Waals surface area contributed by atoms with E-state index in [0.717, 1.165) is 28.8 Å². The summed E-state index contributed by atoms with van der Waals surface area (Å²) in [5.41, 5.74) is 3.05. The molecule has 0 radical (unpaired) electrons. The van der Waals surface area contributed by atoms with Gasteiger partial charge < -0.3 is 15.0 Å². The monoisotopic (exact) mass is 411 g/mol. The number of hydrogen-bond donors (Lipinski definition) is 1. The van der Waals surface area contributed by atoms with Crippen LogP contribution in [-0.4, -0.2) is 29.1 Å². The largest absolute Gasteiger partial charge is 0.489 e. The van der Waals surface area contributed by atoms with Gasteiger partial charge in [-0.1, -0.05) is 30.3 Å². The molecule has 0 saturated heterocycles. The van der Waals surface area contributed by atoms with E-state index in [0.29, 0.717) is 13.1 Å². The number of carbonyl (C=O) groups is 1. The number of aryl methyl sites for hydroxylation is 1. The highest BCUT2D eigenvalue weighted by Gasteiger charge is 2.15. The zero-order valence-corrected chi connectivity index (χ0v) is 16.6. The molecule has 0 saturated carbocycles. The number of benzene rings is 2. The Balaban J connectivity index is 1.60. The maximum Gasteiger partial charge on any atom is 0.318 e. The first-order chi connectivity index (χ1) is 14.5. The van der Waals surface area contributed by atoms with Crippen molar-refractivity contribution in [1.29, 1.82) is 0 Å². The van der Waals surface area contributed by atoms with Crippen molar-refractivity contribution < 1.29 is 18.3 Å². The van der Waals surface area contributed by atoms with Gasteiger partial charge in [0.05, 0.1) is 6.54 Å². The number of ether oxygens (including phenoxy) is 1. The third-order valence-corrected chi connectivity index (χ3v) is 4.54. The van der Waals surface area contributed by atoms with Crippen LogP contribution in [0.3, 0.4) is 0 Å². The van der Waals surface area contributed by atoms with Crippen LogP contribution < -0.4 is 10.1 Å². The molecule has 0 atom stereocenters. The fraction of sp³-hybridized carbons (Fsp3) is 0.217. The summed E-state index contributed by atoms with van der Waals surface area (Å²) in [6.45, 7) is 3.05. The van der Waals surface area contributed by atoms with Crippen molar-refractivity contribution in [1.82, 2.24) is 15.2 Å². The minimum Gasteiger partial charge on any atom is -0.489 e. The molecule has 1 N–H and O–H groups in total. The number of hydrogen-bond acceptors (Lipinski definition) is 3. The Bertz CT molecular complexity index is 983. The van der Waals surface area contributed by atoms with Crippen molar-refractivity contribution in [2.75, 3.05) is 13.2 Å². The van der Waals surface area contributed by atoms with E-state index in [1.807, 2.05) is 43.3 Å². The lowest BCUT2D eigenvalue weighted by atomic mass is 10.1. The van der Waals surface area contributed by atoms with Crippen molar-refractivity contribution in [2.24, 2.45) is 0 Å². The van der Waals surface area contributed by atoms with Gasteiger partial charge in [-0.2, -0.15) is 0 Å². The molecule has 156 valence electrons. The van der Waals surface area contributed by atoms with Crippen molar-refractivity contribution in [3.8, 4) is 5.75 Å². The van der Waals surface area contributed by atoms with E-state index < -0.39 is 11.6 Å². The SMILES string of the molecule is Cc1ccccc1CN(Cc1cccnc1)C(=O)NCCOc1ccc(F)cc1F. The number of nitrogens with zero attached hydrogens (tertiary/aromatic N) is 2. The second-order valence-electron chi connectivity index (χ2n) is 6.80. The van der Waals surface area contributed by atoms with Gasteiger partial charge in [0, 0.05) is 31.5 Å². The molecule has 30 heavy (non-hydrogen) atoms. The molecule has 0 spiro atoms. The summed E-state index contributed by atoms with van der Waals surface area (Å²) in [6, 6.07) is 14.4. The molecule has 5 nitrogen and oxygen atoms in total. The van der Waals surface area contributed by atoms with Crippen molar-refractivity contribution in [3.05, 3.63) is 95.3 Å². The van der Waals surface area contributed by atoms with E-state index in [1.54, 1.807) is 17.3 Å². The number of pyridine rings is 1. The summed E-state index contributed by atoms with van der Waals surface area (Å²) < 4.78 is 31.9. The van der Waals surface area contributed by atoms with Gasteiger partial charge in [0.15, 0.2) is 11.6 Å². The highest BCUT2D eigenvalue weighted by molar-refractivity contribution is 5.74. The van der Waals surface area contributed by atoms with E-state index in [9.17, 15) is 13.6 Å². The Morgan fingerprint density at radius 3 is 2.67 bits per heavy atom. The Morgan fingerprint density at radius 2 is 1.93 bits per heavy atom. The topological polar surface area (TPSA) is 54.5 Å². The highest BCUT2D eigenvalue weighted by atomic mass is 19.1. The molecule has 0 aliphatic carbocycles. The molecule has 2 aromatic carbocycles. The van der Waals surface area contributed by atoms with Crippen LogP contribution >= 0.6 is 0 Å². The minimum absolute atomic E-state index is 0.0550. The first-order valence-corrected chi connectivity index (χ1v) is 9.57. The van der Waals surface area contributed by atoms with Gasteiger partial charge in [0.25, 0.3) is 0 Å². The predicted octanol–water partition coefficient (Wildman–Crippen LogP) is 4.46. The lowest BCUT2D eigenvalue weighted by molar-refractivity contribution is 0.189. The van der Waals surface area contributed by atoms with Crippen LogP contribution in [-0.2, 0) is 13.1 Å². The van der Waals surface area contributed by atoms with Gasteiger partial charge in [-0.15, -0.1) is 0 Å². The zero-order chi connectivity index (χ0) is 21.3. The summed E-state index contributed by atoms with van der Waals surface area (Å²) >= 11 is 0. The standard InChI is InChI=1S/C23H23F2N3O2/c1-17-5-2-3-7-19(17)16-28(15-18-6-4-10-26-14-18)23(29)27-11-12-30-22-9-8-20(24)13-21(22)25/h2-10,13-14H,11-12,15-16H2,1H3,(H,27,29). The number of carbonyl (C=O) groups excluding carboxylic acids is 1. The Labute approximate surface area is 174 Å². The number of halogens is 2. The molecule has 0 unspecified atom stereocenters. The van der Waals surface area contributed by atoms with E-state index in [1.165, 1.54) is 6.07 Å². The fourth-order valence-corrected chi connectivity index (χ4v) is 2.93. The second-order valence-corrected chi connectivity index (χ2v) is 6.80. The summed E-state index contributed by atoms with van der Waals surface area (Å²) in [5, 5.41) is 2.79. The average Bonchev–Trinajstić information content (AvgIpc) is 2.74. The number of aromatic nitrogens is 1. The molecule has 1 heterocycles. The van der Waals surface area contributed by atoms with E-state index >= 15 is 0 Å². The Morgan fingerprint density at radius 1 is 1.10 bits per heavy atom. The van der Waals surface area contributed by atoms with Crippen molar-refractivity contribution >= 4 is 6.03 Å². The van der Waals surface area contributed by atoms with E-state index in [4.69, 9.17) is 4.74 Å². The lowest BCUT2D eigenvalue weighted by Gasteiger charge is -2.24. The van der Waals surface area contributed by atoms with Gasteiger partial charge in [0.2, 0.25) is 0 Å². The number of urea groups is 1. The first kappa shape index (κ1) is 21.2. The van der Waals surface area contributed by atoms with Gasteiger partial charge >= 0.3 is 6.03 Å². The first-order valence-electron chi connectivity index (χ1n) is 9.57. The molecule has 0 aliphatic rings. The van der Waals surface area contributed by atoms with Crippen LogP contribution in [0.1, 0.15) is 16.7 Å². The average molecular weight is 411 g/mol. The molecule has 3 rings (SSSR count). The van der Waals surface area contributed by atoms with Crippen LogP contribution in [0.5, 0.6) is 5.75 Å². The van der Waals surface area contributed by atoms with Crippen molar-refractivity contribution in [3.63, 3.8) is 0 Å². The quantitative estimate of drug-likeness (QED) is 0.557. The Kier molecular flexibility index (Phi) is 7.32. The maximum atomic E-state index is 13.6. The summed E-state index contributed by atoms with van der Waals surface area (Å²) in [4.78, 5) is 18.6. The van der Waals surface area contributed by atoms with E-state index in [2.05, 4.69) is 10.3 Å². The maximum absolute atomic E-state index is 13.6. The predicted molar refractivity (Wildman–Crippen MR) is 110 cm³/mol. The molecule has 1 aromatic heterocycles. The molecule has 0 aliphatic heterocycles. The van der Waals surface area contributed by atoms with E-state index in [-0.39, 0.29) is 24.9 Å². The molecule has 3 aromatic rings. The lowest BCUT2D eigenvalue weighted by Crippen LogP contribution is -2.40. The highest BCUT2D eigenvalue weighted by Crippen LogP contribution is 2.17. The number of rotatable bonds is 8. The van der Waals surface area contributed by atoms with Crippen LogP contribution in [0.15, 0.2) is 67.0 Å². The normalized spacial score (nSPS) is 10.5. The van der Waals surface area contributed by atoms with Gasteiger partial charge in [-0.05, 0) is 41.8 Å². The summed E-state index contributed by atoms with van der Waals surface area (Å²) in [6.07, 6.45) is 3.40. The van der Waals surface area contributed by atoms with Gasteiger partial charge in [-0.25, -0.2) is 13.6 Å². The molecule has 7 heteroatoms. The third kappa shape index (κ3) is 6.01. The van der Waals surface area contributed by atoms with Crippen LogP contribution in [0.2, 0.25) is 0 Å². The minimum atomic E-state index is -0.779. The smallest absolute Gasteiger partial charge is 0.318 e. The van der Waals surface area contributed by atoms with Gasteiger partial charge in [-0.3, -0.25) is 4.98 Å². The van der Waals surface area contributed by atoms with Crippen LogP contribution in [0.4, 0.5) is 13.6 Å². The van der Waals surface area contributed by atoms with Crippen LogP contribution in [0.25, 0.3) is 0 Å². The second kappa shape index (κ2) is 10.3. The van der Waals surface area contributed by atoms with Gasteiger partial charge in [0.1, 0.15) is 12.4 Å². The molecule has 2 amide bonds. The summed E-state index contributed by atoms with van der Waals surface area (Å²) in [5.74, 6) is -1.51. The number of nitrogens with one attached hydrogen (secondary N) is 1. The molecule has 0 fully saturated rings. The fourth-order valence-electron chi connectivity index (χ4n) is 2.93. The number of amides is 2. The molecular formula is C23H23F2N3O2. The summed E-state index contributed by atoms with van der Waals surface area (Å²) in [7, 11) is 0. The van der Waals surface area contributed by atoms with Crippen LogP contribution in [0, 0.1) is 18.6 Å². The molecule has 0 bridgehead atoms. The molecular weight excluding hydrogens is 388 g/mol. The zero-order valence-electron chi connectivity index (χ0n) is 16.6. The Hall–Kier alpha value is -3.48. The third-order valence-electron chi connectivity index (χ3n) is 4.54.